The van der Waals surface area contributed by atoms with E-state index in [0.29, 0.717) is 18.0 Å². The molecule has 2 heterocycles. The Morgan fingerprint density at radius 2 is 1.91 bits per heavy atom. The standard InChI is InChI=1S/C15H16N2O3S2/c16-11-8-9-17(10-11)15(18)13-6-7-14(21-13)22(19,20)12-4-2-1-3-5-12/h1-7,11H,8-10,16H2/t11-/m1/s1. The van der Waals surface area contributed by atoms with Crippen LogP contribution in [0.1, 0.15) is 16.1 Å². The molecule has 1 aliphatic rings. The molecule has 0 bridgehead atoms. The van der Waals surface area contributed by atoms with Crippen LogP contribution in [0.2, 0.25) is 0 Å². The molecule has 0 radical (unpaired) electrons. The average molecular weight is 336 g/mol. The average Bonchev–Trinajstić information content (AvgIpc) is 3.17. The lowest BCUT2D eigenvalue weighted by molar-refractivity contribution is 0.0795. The summed E-state index contributed by atoms with van der Waals surface area (Å²) in [6.07, 6.45) is 0.784. The lowest BCUT2D eigenvalue weighted by Gasteiger charge is -2.14. The van der Waals surface area contributed by atoms with Crippen LogP contribution in [0.5, 0.6) is 0 Å². The van der Waals surface area contributed by atoms with Crippen molar-refractivity contribution in [3.8, 4) is 0 Å². The Morgan fingerprint density at radius 3 is 2.55 bits per heavy atom. The highest BCUT2D eigenvalue weighted by Crippen LogP contribution is 2.29. The molecule has 22 heavy (non-hydrogen) atoms. The zero-order valence-electron chi connectivity index (χ0n) is 11.8. The number of hydrogen-bond donors (Lipinski definition) is 1. The summed E-state index contributed by atoms with van der Waals surface area (Å²) in [5.74, 6) is -0.146. The first-order valence-electron chi connectivity index (χ1n) is 6.93. The predicted octanol–water partition coefficient (Wildman–Crippen LogP) is 1.75. The summed E-state index contributed by atoms with van der Waals surface area (Å²) < 4.78 is 25.2. The molecule has 1 atom stereocenters. The molecule has 1 fully saturated rings. The largest absolute Gasteiger partial charge is 0.336 e. The van der Waals surface area contributed by atoms with E-state index < -0.39 is 9.84 Å². The summed E-state index contributed by atoms with van der Waals surface area (Å²) in [4.78, 5) is 14.7. The Morgan fingerprint density at radius 1 is 1.18 bits per heavy atom. The second-order valence-electron chi connectivity index (χ2n) is 5.24. The molecule has 2 N–H and O–H groups in total. The normalized spacial score (nSPS) is 18.6. The Hall–Kier alpha value is -1.70. The van der Waals surface area contributed by atoms with Crippen molar-refractivity contribution in [1.29, 1.82) is 0 Å². The van der Waals surface area contributed by atoms with Gasteiger partial charge >= 0.3 is 0 Å². The molecule has 1 aromatic heterocycles. The Balaban J connectivity index is 1.86. The Bertz CT molecular complexity index is 784. The van der Waals surface area contributed by atoms with E-state index in [9.17, 15) is 13.2 Å². The quantitative estimate of drug-likeness (QED) is 0.926. The van der Waals surface area contributed by atoms with Crippen molar-refractivity contribution in [2.24, 2.45) is 5.73 Å². The van der Waals surface area contributed by atoms with Gasteiger partial charge in [-0.1, -0.05) is 18.2 Å². The fourth-order valence-electron chi connectivity index (χ4n) is 2.42. The van der Waals surface area contributed by atoms with Gasteiger partial charge in [-0.05, 0) is 30.7 Å². The molecule has 1 saturated heterocycles. The Kier molecular flexibility index (Phi) is 4.03. The van der Waals surface area contributed by atoms with Gasteiger partial charge < -0.3 is 10.6 Å². The summed E-state index contributed by atoms with van der Waals surface area (Å²) in [7, 11) is -3.56. The van der Waals surface area contributed by atoms with Gasteiger partial charge in [0.1, 0.15) is 4.21 Å². The van der Waals surface area contributed by atoms with E-state index in [1.807, 2.05) is 0 Å². The molecule has 0 unspecified atom stereocenters. The first-order valence-corrected chi connectivity index (χ1v) is 9.23. The van der Waals surface area contributed by atoms with Crippen molar-refractivity contribution >= 4 is 27.1 Å². The minimum atomic E-state index is -3.56. The predicted molar refractivity (Wildman–Crippen MR) is 84.7 cm³/mol. The highest BCUT2D eigenvalue weighted by molar-refractivity contribution is 7.93. The summed E-state index contributed by atoms with van der Waals surface area (Å²) in [5, 5.41) is 0. The number of carbonyl (C=O) groups excluding carboxylic acids is 1. The van der Waals surface area contributed by atoms with E-state index in [4.69, 9.17) is 5.73 Å². The van der Waals surface area contributed by atoms with Crippen LogP contribution in [0.4, 0.5) is 0 Å². The van der Waals surface area contributed by atoms with Gasteiger partial charge in [-0.3, -0.25) is 4.79 Å². The van der Waals surface area contributed by atoms with Crippen LogP contribution in [0.3, 0.4) is 0 Å². The van der Waals surface area contributed by atoms with Crippen LogP contribution in [-0.4, -0.2) is 38.4 Å². The third-order valence-corrected chi connectivity index (χ3v) is 6.96. The van der Waals surface area contributed by atoms with Gasteiger partial charge in [0.15, 0.2) is 0 Å². The van der Waals surface area contributed by atoms with Crippen molar-refractivity contribution in [2.45, 2.75) is 21.6 Å². The van der Waals surface area contributed by atoms with Gasteiger partial charge in [-0.15, -0.1) is 11.3 Å². The van der Waals surface area contributed by atoms with Crippen LogP contribution in [-0.2, 0) is 9.84 Å². The fourth-order valence-corrected chi connectivity index (χ4v) is 5.12. The number of carbonyl (C=O) groups is 1. The maximum atomic E-state index is 12.5. The fraction of sp³-hybridized carbons (Fsp3) is 0.267. The molecular formula is C15H16N2O3S2. The number of thiophene rings is 1. The lowest BCUT2D eigenvalue weighted by atomic mass is 10.3. The molecule has 1 aliphatic heterocycles. The smallest absolute Gasteiger partial charge is 0.264 e. The number of nitrogens with two attached hydrogens (primary N) is 1. The number of rotatable bonds is 3. The zero-order chi connectivity index (χ0) is 15.7. The number of nitrogens with zero attached hydrogens (tertiary/aromatic N) is 1. The summed E-state index contributed by atoms with van der Waals surface area (Å²) in [6.45, 7) is 1.15. The topological polar surface area (TPSA) is 80.5 Å². The van der Waals surface area contributed by atoms with Crippen LogP contribution < -0.4 is 5.73 Å². The van der Waals surface area contributed by atoms with Gasteiger partial charge in [0.2, 0.25) is 9.84 Å². The summed E-state index contributed by atoms with van der Waals surface area (Å²) in [5.41, 5.74) is 5.81. The van der Waals surface area contributed by atoms with Crippen molar-refractivity contribution in [3.05, 3.63) is 47.3 Å². The van der Waals surface area contributed by atoms with E-state index in [1.165, 1.54) is 6.07 Å². The molecule has 0 saturated carbocycles. The van der Waals surface area contributed by atoms with Crippen LogP contribution in [0, 0.1) is 0 Å². The first kappa shape index (κ1) is 15.2. The Labute approximate surface area is 133 Å². The van der Waals surface area contributed by atoms with Gasteiger partial charge in [-0.2, -0.15) is 0 Å². The molecule has 1 amide bonds. The van der Waals surface area contributed by atoms with E-state index in [-0.39, 0.29) is 21.1 Å². The molecule has 7 heteroatoms. The summed E-state index contributed by atoms with van der Waals surface area (Å²) in [6, 6.07) is 11.3. The van der Waals surface area contributed by atoms with E-state index in [2.05, 4.69) is 0 Å². The number of amides is 1. The lowest BCUT2D eigenvalue weighted by Crippen LogP contribution is -2.31. The van der Waals surface area contributed by atoms with Crippen molar-refractivity contribution in [2.75, 3.05) is 13.1 Å². The molecule has 3 rings (SSSR count). The number of benzene rings is 1. The number of sulfone groups is 1. The highest BCUT2D eigenvalue weighted by Gasteiger charge is 2.27. The molecule has 116 valence electrons. The van der Waals surface area contributed by atoms with Gasteiger partial charge in [-0.25, -0.2) is 8.42 Å². The molecular weight excluding hydrogens is 320 g/mol. The van der Waals surface area contributed by atoms with Crippen LogP contribution in [0.25, 0.3) is 0 Å². The second kappa shape index (κ2) is 5.83. The monoisotopic (exact) mass is 336 g/mol. The SMILES string of the molecule is N[C@@H]1CCN(C(=O)c2ccc(S(=O)(=O)c3ccccc3)s2)C1. The van der Waals surface area contributed by atoms with Gasteiger partial charge in [0.25, 0.3) is 5.91 Å². The third kappa shape index (κ3) is 2.79. The van der Waals surface area contributed by atoms with Crippen molar-refractivity contribution in [3.63, 3.8) is 0 Å². The molecule has 0 spiro atoms. The van der Waals surface area contributed by atoms with Crippen LogP contribution in [0.15, 0.2) is 51.6 Å². The number of hydrogen-bond acceptors (Lipinski definition) is 5. The maximum Gasteiger partial charge on any atom is 0.264 e. The van der Waals surface area contributed by atoms with Crippen molar-refractivity contribution < 1.29 is 13.2 Å². The van der Waals surface area contributed by atoms with E-state index in [1.54, 1.807) is 41.3 Å². The van der Waals surface area contributed by atoms with E-state index in [0.717, 1.165) is 17.8 Å². The highest BCUT2D eigenvalue weighted by atomic mass is 32.2. The van der Waals surface area contributed by atoms with Gasteiger partial charge in [0.05, 0.1) is 9.77 Å². The third-order valence-electron chi connectivity index (χ3n) is 3.62. The number of likely N-dealkylation sites (tertiary alicyclic amines) is 1. The molecule has 2 aromatic rings. The second-order valence-corrected chi connectivity index (χ2v) is 8.50. The minimum Gasteiger partial charge on any atom is -0.336 e. The molecule has 1 aromatic carbocycles. The van der Waals surface area contributed by atoms with Crippen LogP contribution >= 0.6 is 11.3 Å². The first-order chi connectivity index (χ1) is 10.5. The van der Waals surface area contributed by atoms with Gasteiger partial charge in [0, 0.05) is 19.1 Å². The zero-order valence-corrected chi connectivity index (χ0v) is 13.4. The maximum absolute atomic E-state index is 12.5. The summed E-state index contributed by atoms with van der Waals surface area (Å²) >= 11 is 1.01. The van der Waals surface area contributed by atoms with E-state index >= 15 is 0 Å². The molecule has 0 aliphatic carbocycles. The van der Waals surface area contributed by atoms with Crippen molar-refractivity contribution in [1.82, 2.24) is 4.90 Å². The minimum absolute atomic E-state index is 0.0106. The molecule has 5 nitrogen and oxygen atoms in total.